The van der Waals surface area contributed by atoms with Crippen molar-refractivity contribution in [3.05, 3.63) is 47.5 Å². The lowest BCUT2D eigenvalue weighted by Gasteiger charge is -2.40. The number of piperazine rings is 1. The molecule has 0 radical (unpaired) electrons. The smallest absolute Gasteiger partial charge is 0.343 e. The lowest BCUT2D eigenvalue weighted by Crippen LogP contribution is -2.58. The molecule has 274 valence electrons. The van der Waals surface area contributed by atoms with Gasteiger partial charge in [0.25, 0.3) is 5.91 Å². The van der Waals surface area contributed by atoms with Gasteiger partial charge in [-0.25, -0.2) is 4.39 Å². The molecule has 2 saturated carbocycles. The van der Waals surface area contributed by atoms with Crippen LogP contribution in [0.2, 0.25) is 0 Å². The van der Waals surface area contributed by atoms with Gasteiger partial charge in [-0.15, -0.1) is 0 Å². The Labute approximate surface area is 289 Å². The van der Waals surface area contributed by atoms with E-state index in [2.05, 4.69) is 21.0 Å². The highest BCUT2D eigenvalue weighted by atomic mass is 19.4. The standard InChI is InChI=1S/C35H47F4N7O4/c1-6-46-27(13-14-40-46)32(48)43-30(28(22-7-8-22)23-9-10-23)33(49)41-26-12-11-24(17-25(26)36)20(3)29(42-31(47)21(4)35(37,38)39)34(50)45-16-15-44(5)19(2)18-45/h11-14,17,19-23,28-30H,6-10,15-16,18H2,1-5H3,(H,41,49)(H,42,47)(H,43,48)/t19-,20+,21?,29-,30+/m1/s1. The summed E-state index contributed by atoms with van der Waals surface area (Å²) in [6, 6.07) is 3.14. The summed E-state index contributed by atoms with van der Waals surface area (Å²) >= 11 is 0. The molecule has 0 spiro atoms. The number of hydrogen-bond acceptors (Lipinski definition) is 6. The second-order valence-electron chi connectivity index (χ2n) is 14.1. The Bertz CT molecular complexity index is 1560. The molecule has 1 aromatic carbocycles. The van der Waals surface area contributed by atoms with E-state index in [0.717, 1.165) is 38.7 Å². The number of nitrogens with one attached hydrogen (secondary N) is 3. The predicted molar refractivity (Wildman–Crippen MR) is 177 cm³/mol. The normalized spacial score (nSPS) is 20.9. The largest absolute Gasteiger partial charge is 0.400 e. The molecule has 3 N–H and O–H groups in total. The highest BCUT2D eigenvalue weighted by Gasteiger charge is 2.49. The van der Waals surface area contributed by atoms with Crippen LogP contribution in [0.25, 0.3) is 0 Å². The molecule has 11 nitrogen and oxygen atoms in total. The van der Waals surface area contributed by atoms with Gasteiger partial charge in [0.15, 0.2) is 0 Å². The minimum Gasteiger partial charge on any atom is -0.343 e. The van der Waals surface area contributed by atoms with Crippen LogP contribution < -0.4 is 16.0 Å². The third-order valence-corrected chi connectivity index (χ3v) is 10.5. The molecule has 1 aliphatic heterocycles. The summed E-state index contributed by atoms with van der Waals surface area (Å²) in [5.41, 5.74) is 0.402. The maximum Gasteiger partial charge on any atom is 0.400 e. The number of aromatic nitrogens is 2. The molecule has 15 heteroatoms. The van der Waals surface area contributed by atoms with Crippen LogP contribution in [-0.4, -0.2) is 94.2 Å². The van der Waals surface area contributed by atoms with Crippen LogP contribution in [0, 0.1) is 29.5 Å². The van der Waals surface area contributed by atoms with E-state index < -0.39 is 59.5 Å². The van der Waals surface area contributed by atoms with Gasteiger partial charge in [0.2, 0.25) is 17.7 Å². The Morgan fingerprint density at radius 2 is 1.62 bits per heavy atom. The third-order valence-electron chi connectivity index (χ3n) is 10.5. The van der Waals surface area contributed by atoms with Gasteiger partial charge in [-0.05, 0) is 95.0 Å². The number of hydrogen-bond donors (Lipinski definition) is 3. The number of amides is 4. The first kappa shape index (κ1) is 37.3. The summed E-state index contributed by atoms with van der Waals surface area (Å²) in [5.74, 6) is -6.61. The Morgan fingerprint density at radius 3 is 2.18 bits per heavy atom. The first-order chi connectivity index (χ1) is 23.6. The summed E-state index contributed by atoms with van der Waals surface area (Å²) in [6.07, 6.45) is 0.470. The van der Waals surface area contributed by atoms with Gasteiger partial charge in [0.05, 0.1) is 5.69 Å². The molecule has 2 heterocycles. The minimum absolute atomic E-state index is 0.0179. The first-order valence-electron chi connectivity index (χ1n) is 17.4. The van der Waals surface area contributed by atoms with Crippen molar-refractivity contribution >= 4 is 29.3 Å². The molecule has 3 aliphatic rings. The molecule has 1 aromatic heterocycles. The topological polar surface area (TPSA) is 129 Å². The zero-order chi connectivity index (χ0) is 36.5. The van der Waals surface area contributed by atoms with Gasteiger partial charge >= 0.3 is 6.18 Å². The molecule has 2 aliphatic carbocycles. The van der Waals surface area contributed by atoms with E-state index in [4.69, 9.17) is 0 Å². The van der Waals surface area contributed by atoms with Crippen molar-refractivity contribution in [3.63, 3.8) is 0 Å². The molecule has 5 rings (SSSR count). The number of carbonyl (C=O) groups excluding carboxylic acids is 4. The fourth-order valence-electron chi connectivity index (χ4n) is 6.81. The number of alkyl halides is 3. The molecule has 5 atom stereocenters. The zero-order valence-corrected chi connectivity index (χ0v) is 29.1. The zero-order valence-electron chi connectivity index (χ0n) is 29.1. The molecule has 3 fully saturated rings. The molecular weight excluding hydrogens is 658 g/mol. The van der Waals surface area contributed by atoms with Crippen molar-refractivity contribution in [2.45, 2.75) is 90.1 Å². The predicted octanol–water partition coefficient (Wildman–Crippen LogP) is 4.16. The lowest BCUT2D eigenvalue weighted by molar-refractivity contribution is -0.180. The van der Waals surface area contributed by atoms with E-state index in [9.17, 15) is 32.3 Å². The number of anilines is 1. The van der Waals surface area contributed by atoms with Crippen LogP contribution in [0.15, 0.2) is 30.5 Å². The molecule has 50 heavy (non-hydrogen) atoms. The fraction of sp³-hybridized carbons (Fsp3) is 0.629. The number of carbonyl (C=O) groups is 4. The van der Waals surface area contributed by atoms with E-state index in [1.54, 1.807) is 6.07 Å². The van der Waals surface area contributed by atoms with Crippen LogP contribution in [-0.2, 0) is 20.9 Å². The van der Waals surface area contributed by atoms with Crippen LogP contribution in [0.4, 0.5) is 23.2 Å². The van der Waals surface area contributed by atoms with Gasteiger partial charge in [0.1, 0.15) is 29.5 Å². The van der Waals surface area contributed by atoms with Crippen LogP contribution in [0.3, 0.4) is 0 Å². The van der Waals surface area contributed by atoms with Crippen molar-refractivity contribution in [1.82, 2.24) is 30.2 Å². The molecule has 0 bridgehead atoms. The summed E-state index contributed by atoms with van der Waals surface area (Å²) in [7, 11) is 1.90. The number of rotatable bonds is 13. The molecule has 1 saturated heterocycles. The van der Waals surface area contributed by atoms with Crippen LogP contribution >= 0.6 is 0 Å². The highest BCUT2D eigenvalue weighted by molar-refractivity contribution is 6.01. The minimum atomic E-state index is -4.82. The lowest BCUT2D eigenvalue weighted by atomic mass is 9.88. The van der Waals surface area contributed by atoms with Crippen LogP contribution in [0.1, 0.15) is 75.3 Å². The second-order valence-corrected chi connectivity index (χ2v) is 14.1. The molecular formula is C35H47F4N7O4. The van der Waals surface area contributed by atoms with E-state index in [-0.39, 0.29) is 35.0 Å². The average Bonchev–Trinajstić information content (AvgIpc) is 4.02. The average molecular weight is 706 g/mol. The number of nitrogens with zero attached hydrogens (tertiary/aromatic N) is 4. The van der Waals surface area contributed by atoms with Gasteiger partial charge in [-0.3, -0.25) is 23.9 Å². The third kappa shape index (κ3) is 8.47. The number of halogens is 4. The SMILES string of the molecule is CCn1nccc1C(=O)N[C@H](C(=O)Nc1ccc([C@H](C)[C@@H](NC(=O)C(C)C(F)(F)F)C(=O)N2CCN(C)[C@H](C)C2)cc1F)C(C1CC1)C1CC1. The molecule has 1 unspecified atom stereocenters. The van der Waals surface area contributed by atoms with Crippen molar-refractivity contribution in [1.29, 1.82) is 0 Å². The van der Waals surface area contributed by atoms with Gasteiger partial charge in [-0.1, -0.05) is 13.0 Å². The molecule has 2 aromatic rings. The summed E-state index contributed by atoms with van der Waals surface area (Å²) in [5, 5.41) is 12.0. The van der Waals surface area contributed by atoms with Crippen molar-refractivity contribution in [3.8, 4) is 0 Å². The number of benzene rings is 1. The monoisotopic (exact) mass is 705 g/mol. The number of aryl methyl sites for hydroxylation is 1. The van der Waals surface area contributed by atoms with E-state index in [0.29, 0.717) is 31.9 Å². The second kappa shape index (κ2) is 15.1. The fourth-order valence-corrected chi connectivity index (χ4v) is 6.81. The van der Waals surface area contributed by atoms with E-state index in [1.807, 2.05) is 25.8 Å². The van der Waals surface area contributed by atoms with Crippen molar-refractivity contribution in [2.75, 3.05) is 32.0 Å². The Hall–Kier alpha value is -4.01. The maximum atomic E-state index is 15.8. The van der Waals surface area contributed by atoms with Crippen LogP contribution in [0.5, 0.6) is 0 Å². The quantitative estimate of drug-likeness (QED) is 0.269. The number of likely N-dealkylation sites (N-methyl/N-ethyl adjacent to an activating group) is 1. The van der Waals surface area contributed by atoms with Crippen molar-refractivity contribution < 1.29 is 36.7 Å². The Morgan fingerprint density at radius 1 is 0.960 bits per heavy atom. The Balaban J connectivity index is 1.36. The van der Waals surface area contributed by atoms with Gasteiger partial charge in [0, 0.05) is 44.3 Å². The molecule has 4 amide bonds. The van der Waals surface area contributed by atoms with Crippen molar-refractivity contribution in [2.24, 2.45) is 23.7 Å². The first-order valence-corrected chi connectivity index (χ1v) is 17.4. The summed E-state index contributed by atoms with van der Waals surface area (Å²) < 4.78 is 57.6. The van der Waals surface area contributed by atoms with E-state index in [1.165, 1.54) is 34.8 Å². The summed E-state index contributed by atoms with van der Waals surface area (Å²) in [6.45, 7) is 7.65. The van der Waals surface area contributed by atoms with E-state index >= 15 is 4.39 Å². The maximum absolute atomic E-state index is 15.8. The van der Waals surface area contributed by atoms with Gasteiger partial charge < -0.3 is 25.8 Å². The summed E-state index contributed by atoms with van der Waals surface area (Å²) in [4.78, 5) is 57.2. The highest BCUT2D eigenvalue weighted by Crippen LogP contribution is 2.51. The Kier molecular flexibility index (Phi) is 11.2. The van der Waals surface area contributed by atoms with Gasteiger partial charge in [-0.2, -0.15) is 18.3 Å².